The zero-order valence-electron chi connectivity index (χ0n) is 10.7. The molecule has 4 heteroatoms. The van der Waals surface area contributed by atoms with Crippen molar-refractivity contribution in [3.63, 3.8) is 0 Å². The van der Waals surface area contributed by atoms with Crippen molar-refractivity contribution in [2.45, 2.75) is 52.7 Å². The predicted octanol–water partition coefficient (Wildman–Crippen LogP) is 2.48. The van der Waals surface area contributed by atoms with E-state index in [9.17, 15) is 5.11 Å². The summed E-state index contributed by atoms with van der Waals surface area (Å²) in [5.41, 5.74) is 0.545. The van der Waals surface area contributed by atoms with E-state index in [1.807, 2.05) is 27.7 Å². The summed E-state index contributed by atoms with van der Waals surface area (Å²) in [7, 11) is 0. The lowest BCUT2D eigenvalue weighted by Crippen LogP contribution is -2.40. The van der Waals surface area contributed by atoms with Crippen LogP contribution in [0.15, 0.2) is 0 Å². The van der Waals surface area contributed by atoms with Gasteiger partial charge in [-0.1, -0.05) is 0 Å². The fourth-order valence-electron chi connectivity index (χ4n) is 1.51. The number of hydrogen-bond acceptors (Lipinski definition) is 4. The molecule has 0 aliphatic carbocycles. The average Bonchev–Trinajstić information content (AvgIpc) is 2.45. The molecule has 1 rings (SSSR count). The largest absolute Gasteiger partial charge is 0.390 e. The summed E-state index contributed by atoms with van der Waals surface area (Å²) in [4.78, 5) is 5.65. The third-order valence-corrected chi connectivity index (χ3v) is 3.85. The van der Waals surface area contributed by atoms with E-state index < -0.39 is 11.7 Å². The van der Waals surface area contributed by atoms with Crippen molar-refractivity contribution in [3.05, 3.63) is 15.6 Å². The second-order valence-electron chi connectivity index (χ2n) is 4.51. The van der Waals surface area contributed by atoms with Crippen LogP contribution in [0.5, 0.6) is 0 Å². The highest BCUT2D eigenvalue weighted by molar-refractivity contribution is 7.11. The number of ether oxygens (including phenoxy) is 1. The Labute approximate surface area is 101 Å². The van der Waals surface area contributed by atoms with Crippen LogP contribution in [0.25, 0.3) is 0 Å². The summed E-state index contributed by atoms with van der Waals surface area (Å²) in [6.07, 6.45) is 0.0456. The molecule has 0 aromatic carbocycles. The predicted molar refractivity (Wildman–Crippen MR) is 67.0 cm³/mol. The minimum atomic E-state index is -0.516. The molecule has 0 aliphatic rings. The molecule has 0 spiro atoms. The van der Waals surface area contributed by atoms with Gasteiger partial charge in [0.05, 0.1) is 22.4 Å². The van der Waals surface area contributed by atoms with Crippen molar-refractivity contribution < 1.29 is 9.84 Å². The number of aromatic nitrogens is 1. The number of aryl methyl sites for hydroxylation is 2. The molecule has 0 amide bonds. The van der Waals surface area contributed by atoms with Gasteiger partial charge in [-0.2, -0.15) is 0 Å². The van der Waals surface area contributed by atoms with Gasteiger partial charge in [-0.25, -0.2) is 4.98 Å². The Morgan fingerprint density at radius 2 is 2.06 bits per heavy atom. The third kappa shape index (κ3) is 3.27. The molecule has 16 heavy (non-hydrogen) atoms. The van der Waals surface area contributed by atoms with E-state index >= 15 is 0 Å². The SMILES string of the molecule is CCOC(C)(C)C(O)Cc1nc(C)c(C)s1. The zero-order chi connectivity index (χ0) is 12.3. The van der Waals surface area contributed by atoms with Gasteiger partial charge in [0.1, 0.15) is 0 Å². The molecule has 0 saturated heterocycles. The van der Waals surface area contributed by atoms with Crippen LogP contribution in [-0.2, 0) is 11.2 Å². The topological polar surface area (TPSA) is 42.4 Å². The summed E-state index contributed by atoms with van der Waals surface area (Å²) >= 11 is 1.65. The Hall–Kier alpha value is -0.450. The van der Waals surface area contributed by atoms with E-state index in [2.05, 4.69) is 11.9 Å². The molecule has 1 aromatic rings. The minimum Gasteiger partial charge on any atom is -0.390 e. The van der Waals surface area contributed by atoms with Crippen molar-refractivity contribution in [2.75, 3.05) is 6.61 Å². The van der Waals surface area contributed by atoms with E-state index in [0.29, 0.717) is 13.0 Å². The monoisotopic (exact) mass is 243 g/mol. The van der Waals surface area contributed by atoms with Crippen LogP contribution in [0.1, 0.15) is 36.3 Å². The van der Waals surface area contributed by atoms with Crippen LogP contribution in [0.3, 0.4) is 0 Å². The van der Waals surface area contributed by atoms with Gasteiger partial charge in [-0.05, 0) is 34.6 Å². The molecule has 92 valence electrons. The summed E-state index contributed by atoms with van der Waals surface area (Å²) in [6.45, 7) is 10.4. The molecule has 1 atom stereocenters. The molecule has 0 radical (unpaired) electrons. The number of thiazole rings is 1. The Bertz CT molecular complexity index is 327. The molecule has 0 bridgehead atoms. The first-order valence-electron chi connectivity index (χ1n) is 5.61. The highest BCUT2D eigenvalue weighted by atomic mass is 32.1. The minimum absolute atomic E-state index is 0.512. The van der Waals surface area contributed by atoms with Crippen LogP contribution >= 0.6 is 11.3 Å². The molecule has 1 N–H and O–H groups in total. The normalized spacial score (nSPS) is 14.1. The molecule has 0 aliphatic heterocycles. The summed E-state index contributed by atoms with van der Waals surface area (Å²) < 4.78 is 5.53. The first-order chi connectivity index (χ1) is 7.36. The molecule has 1 unspecified atom stereocenters. The molecular formula is C12H21NO2S. The lowest BCUT2D eigenvalue weighted by atomic mass is 9.99. The summed E-state index contributed by atoms with van der Waals surface area (Å²) in [6, 6.07) is 0. The van der Waals surface area contributed by atoms with Crippen molar-refractivity contribution in [1.29, 1.82) is 0 Å². The van der Waals surface area contributed by atoms with E-state index in [0.717, 1.165) is 10.7 Å². The van der Waals surface area contributed by atoms with Crippen LogP contribution in [0.2, 0.25) is 0 Å². The van der Waals surface area contributed by atoms with Crippen LogP contribution in [0, 0.1) is 13.8 Å². The van der Waals surface area contributed by atoms with E-state index in [-0.39, 0.29) is 0 Å². The fraction of sp³-hybridized carbons (Fsp3) is 0.750. The van der Waals surface area contributed by atoms with Crippen molar-refractivity contribution >= 4 is 11.3 Å². The van der Waals surface area contributed by atoms with Gasteiger partial charge in [0.25, 0.3) is 0 Å². The van der Waals surface area contributed by atoms with Gasteiger partial charge in [0.2, 0.25) is 0 Å². The fourth-order valence-corrected chi connectivity index (χ4v) is 2.48. The number of aliphatic hydroxyl groups is 1. The van der Waals surface area contributed by atoms with Gasteiger partial charge < -0.3 is 9.84 Å². The van der Waals surface area contributed by atoms with E-state index in [1.54, 1.807) is 11.3 Å². The molecular weight excluding hydrogens is 222 g/mol. The highest BCUT2D eigenvalue weighted by Crippen LogP contribution is 2.23. The quantitative estimate of drug-likeness (QED) is 0.864. The maximum atomic E-state index is 10.1. The Balaban J connectivity index is 2.67. The third-order valence-electron chi connectivity index (χ3n) is 2.76. The first kappa shape index (κ1) is 13.6. The van der Waals surface area contributed by atoms with Gasteiger partial charge in [-0.15, -0.1) is 11.3 Å². The van der Waals surface area contributed by atoms with Crippen molar-refractivity contribution in [1.82, 2.24) is 4.98 Å². The lowest BCUT2D eigenvalue weighted by molar-refractivity contribution is -0.0955. The van der Waals surface area contributed by atoms with E-state index in [1.165, 1.54) is 4.88 Å². The second-order valence-corrected chi connectivity index (χ2v) is 5.79. The van der Waals surface area contributed by atoms with Crippen molar-refractivity contribution in [2.24, 2.45) is 0 Å². The Morgan fingerprint density at radius 3 is 2.50 bits per heavy atom. The lowest BCUT2D eigenvalue weighted by Gasteiger charge is -2.29. The molecule has 3 nitrogen and oxygen atoms in total. The van der Waals surface area contributed by atoms with Gasteiger partial charge in [0, 0.05) is 17.9 Å². The number of rotatable bonds is 5. The summed E-state index contributed by atoms with van der Waals surface area (Å²) in [5.74, 6) is 0. The molecule has 1 aromatic heterocycles. The standard InChI is InChI=1S/C12H21NO2S/c1-6-15-12(4,5)10(14)7-11-13-8(2)9(3)16-11/h10,14H,6-7H2,1-5H3. The number of hydrogen-bond donors (Lipinski definition) is 1. The zero-order valence-corrected chi connectivity index (χ0v) is 11.5. The maximum absolute atomic E-state index is 10.1. The maximum Gasteiger partial charge on any atom is 0.0957 e. The Morgan fingerprint density at radius 1 is 1.44 bits per heavy atom. The van der Waals surface area contributed by atoms with Gasteiger partial charge >= 0.3 is 0 Å². The summed E-state index contributed by atoms with van der Waals surface area (Å²) in [5, 5.41) is 11.1. The average molecular weight is 243 g/mol. The van der Waals surface area contributed by atoms with Gasteiger partial charge in [-0.3, -0.25) is 0 Å². The van der Waals surface area contributed by atoms with Gasteiger partial charge in [0.15, 0.2) is 0 Å². The number of nitrogens with zero attached hydrogens (tertiary/aromatic N) is 1. The molecule has 1 heterocycles. The van der Waals surface area contributed by atoms with Crippen LogP contribution in [0.4, 0.5) is 0 Å². The molecule has 0 fully saturated rings. The Kier molecular flexibility index (Phi) is 4.47. The van der Waals surface area contributed by atoms with Crippen molar-refractivity contribution in [3.8, 4) is 0 Å². The van der Waals surface area contributed by atoms with Crippen LogP contribution in [-0.4, -0.2) is 28.4 Å². The van der Waals surface area contributed by atoms with E-state index in [4.69, 9.17) is 4.74 Å². The smallest absolute Gasteiger partial charge is 0.0957 e. The molecule has 0 saturated carbocycles. The van der Waals surface area contributed by atoms with Crippen LogP contribution < -0.4 is 0 Å². The second kappa shape index (κ2) is 5.25. The highest BCUT2D eigenvalue weighted by Gasteiger charge is 2.29. The number of aliphatic hydroxyl groups excluding tert-OH is 1. The first-order valence-corrected chi connectivity index (χ1v) is 6.43.